The summed E-state index contributed by atoms with van der Waals surface area (Å²) in [6, 6.07) is 9.30. The molecule has 0 atom stereocenters. The van der Waals surface area contributed by atoms with Gasteiger partial charge in [0.1, 0.15) is 0 Å². The van der Waals surface area contributed by atoms with Crippen molar-refractivity contribution in [2.45, 2.75) is 43.8 Å². The van der Waals surface area contributed by atoms with E-state index in [9.17, 15) is 0 Å². The number of benzene rings is 1. The van der Waals surface area contributed by atoms with Crippen LogP contribution in [-0.2, 0) is 7.05 Å². The number of aryl methyl sites for hydroxylation is 2. The van der Waals surface area contributed by atoms with Gasteiger partial charge >= 0.3 is 142 Å². The Kier molecular flexibility index (Phi) is 2.59. The van der Waals surface area contributed by atoms with E-state index in [4.69, 9.17) is 9.60 Å². The van der Waals surface area contributed by atoms with Crippen LogP contribution < -0.4 is 8.96 Å². The number of nitrogens with zero attached hydrogens (tertiary/aromatic N) is 1. The standard InChI is InChI=1S/C19H28GeN/c1-14(2)17-12-19(16-11-9-8-10-15(16)3)21(7)13-18(17)20(4,5)6/h8-14H,1-7H3/q+1/i1D3,2D3,14D. The van der Waals surface area contributed by atoms with E-state index < -0.39 is 32.9 Å². The summed E-state index contributed by atoms with van der Waals surface area (Å²) in [5, 5.41) is 0. The second kappa shape index (κ2) is 5.96. The van der Waals surface area contributed by atoms with Crippen molar-refractivity contribution in [2.24, 2.45) is 7.05 Å². The SMILES string of the molecule is [2H]C([2H])([2H])C([2H])(c1cc(-c2ccccc2C)[n+](C)c[c]1[Ge]([CH3])([CH3])[CH3])C([2H])([2H])[2H]. The molecule has 0 N–H and O–H groups in total. The number of pyridine rings is 1. The third kappa shape index (κ3) is 3.40. The van der Waals surface area contributed by atoms with E-state index in [0.29, 0.717) is 5.69 Å². The van der Waals surface area contributed by atoms with Gasteiger partial charge in [-0.25, -0.2) is 0 Å². The monoisotopic (exact) mass is 351 g/mol. The number of rotatable bonds is 3. The van der Waals surface area contributed by atoms with Gasteiger partial charge in [0.2, 0.25) is 0 Å². The Balaban J connectivity index is 2.99. The molecule has 21 heavy (non-hydrogen) atoms. The van der Waals surface area contributed by atoms with Crippen LogP contribution in [0, 0.1) is 6.92 Å². The Labute approximate surface area is 142 Å². The van der Waals surface area contributed by atoms with Crippen LogP contribution in [-0.4, -0.2) is 13.3 Å². The summed E-state index contributed by atoms with van der Waals surface area (Å²) in [6.07, 6.45) is 1.85. The molecule has 0 unspecified atom stereocenters. The molecule has 0 aliphatic heterocycles. The molecule has 0 bridgehead atoms. The van der Waals surface area contributed by atoms with Gasteiger partial charge in [-0.05, 0) is 0 Å². The van der Waals surface area contributed by atoms with Crippen molar-refractivity contribution < 1.29 is 14.2 Å². The molecule has 0 saturated heterocycles. The van der Waals surface area contributed by atoms with Crippen LogP contribution in [0.3, 0.4) is 0 Å². The average molecular weight is 350 g/mol. The molecule has 0 aliphatic rings. The van der Waals surface area contributed by atoms with Crippen LogP contribution >= 0.6 is 0 Å². The zero-order valence-electron chi connectivity index (χ0n) is 20.4. The predicted molar refractivity (Wildman–Crippen MR) is 94.9 cm³/mol. The quantitative estimate of drug-likeness (QED) is 0.578. The van der Waals surface area contributed by atoms with Crippen LogP contribution in [0.25, 0.3) is 11.3 Å². The molecular weight excluding hydrogens is 315 g/mol. The summed E-state index contributed by atoms with van der Waals surface area (Å²) in [7, 11) is 1.87. The molecule has 1 aromatic heterocycles. The van der Waals surface area contributed by atoms with Crippen molar-refractivity contribution in [3.8, 4) is 11.3 Å². The van der Waals surface area contributed by atoms with Crippen LogP contribution in [0.2, 0.25) is 17.3 Å². The number of aromatic nitrogens is 1. The van der Waals surface area contributed by atoms with Crippen LogP contribution in [0.4, 0.5) is 0 Å². The normalized spacial score (nSPS) is 18.6. The van der Waals surface area contributed by atoms with Crippen LogP contribution in [0.1, 0.15) is 40.3 Å². The topological polar surface area (TPSA) is 3.88 Å². The third-order valence-corrected chi connectivity index (χ3v) is 8.00. The minimum atomic E-state index is -3.00. The Morgan fingerprint density at radius 3 is 2.43 bits per heavy atom. The van der Waals surface area contributed by atoms with Crippen LogP contribution in [0.15, 0.2) is 36.5 Å². The summed E-state index contributed by atoms with van der Waals surface area (Å²) >= 11 is -2.72. The number of hydrogen-bond acceptors (Lipinski definition) is 0. The molecule has 1 nitrogen and oxygen atoms in total. The fourth-order valence-corrected chi connectivity index (χ4v) is 5.91. The molecule has 1 aromatic carbocycles. The van der Waals surface area contributed by atoms with Gasteiger partial charge in [-0.1, -0.05) is 0 Å². The molecule has 0 aliphatic carbocycles. The predicted octanol–water partition coefficient (Wildman–Crippen LogP) is 4.16. The maximum absolute atomic E-state index is 8.76. The van der Waals surface area contributed by atoms with Crippen molar-refractivity contribution in [2.75, 3.05) is 0 Å². The molecular formula is C19H28GeN+. The second-order valence-corrected chi connectivity index (χ2v) is 17.1. The van der Waals surface area contributed by atoms with Gasteiger partial charge in [-0.2, -0.15) is 0 Å². The van der Waals surface area contributed by atoms with Crippen molar-refractivity contribution in [1.82, 2.24) is 0 Å². The van der Waals surface area contributed by atoms with Crippen molar-refractivity contribution in [3.05, 3.63) is 47.7 Å². The van der Waals surface area contributed by atoms with Crippen molar-refractivity contribution >= 4 is 17.7 Å². The fourth-order valence-electron chi connectivity index (χ4n) is 2.58. The van der Waals surface area contributed by atoms with E-state index in [1.807, 2.05) is 49.0 Å². The summed E-state index contributed by atoms with van der Waals surface area (Å²) in [5.41, 5.74) is 2.69. The first-order chi connectivity index (χ1) is 12.5. The number of hydrogen-bond donors (Lipinski definition) is 0. The van der Waals surface area contributed by atoms with Gasteiger partial charge in [0.05, 0.1) is 0 Å². The van der Waals surface area contributed by atoms with E-state index in [1.165, 1.54) is 0 Å². The Morgan fingerprint density at radius 2 is 1.86 bits per heavy atom. The van der Waals surface area contributed by atoms with E-state index in [-0.39, 0.29) is 5.56 Å². The molecule has 2 heteroatoms. The molecule has 1 heterocycles. The molecule has 0 radical (unpaired) electrons. The van der Waals surface area contributed by atoms with Gasteiger partial charge in [-0.3, -0.25) is 0 Å². The average Bonchev–Trinajstić information content (AvgIpc) is 2.51. The summed E-state index contributed by atoms with van der Waals surface area (Å²) in [6.45, 7) is -4.04. The van der Waals surface area contributed by atoms with E-state index in [0.717, 1.165) is 15.5 Å². The zero-order chi connectivity index (χ0) is 21.7. The Morgan fingerprint density at radius 1 is 1.19 bits per heavy atom. The Bertz CT molecular complexity index is 865. The molecule has 0 saturated carbocycles. The first kappa shape index (κ1) is 9.14. The summed E-state index contributed by atoms with van der Waals surface area (Å²) in [4.78, 5) is 0. The van der Waals surface area contributed by atoms with Crippen molar-refractivity contribution in [1.29, 1.82) is 0 Å². The van der Waals surface area contributed by atoms with Gasteiger partial charge in [0.25, 0.3) is 0 Å². The van der Waals surface area contributed by atoms with Crippen molar-refractivity contribution in [3.63, 3.8) is 0 Å². The summed E-state index contributed by atoms with van der Waals surface area (Å²) < 4.78 is 59.1. The van der Waals surface area contributed by atoms with Gasteiger partial charge in [-0.15, -0.1) is 0 Å². The first-order valence-electron chi connectivity index (χ1n) is 10.6. The van der Waals surface area contributed by atoms with Gasteiger partial charge in [0.15, 0.2) is 0 Å². The Hall–Kier alpha value is -1.09. The molecule has 2 aromatic rings. The van der Waals surface area contributed by atoms with Gasteiger partial charge < -0.3 is 0 Å². The van der Waals surface area contributed by atoms with Gasteiger partial charge in [0, 0.05) is 0 Å². The maximum atomic E-state index is 8.76. The summed E-state index contributed by atoms with van der Waals surface area (Å²) in [5.74, 6) is 3.53. The molecule has 0 fully saturated rings. The third-order valence-electron chi connectivity index (χ3n) is 3.77. The van der Waals surface area contributed by atoms with E-state index in [1.54, 1.807) is 6.07 Å². The van der Waals surface area contributed by atoms with Crippen LogP contribution in [0.5, 0.6) is 0 Å². The first-order valence-corrected chi connectivity index (χ1v) is 14.5. The minimum absolute atomic E-state index is 0.108. The van der Waals surface area contributed by atoms with E-state index >= 15 is 0 Å². The van der Waals surface area contributed by atoms with E-state index in [2.05, 4.69) is 17.3 Å². The molecule has 0 amide bonds. The molecule has 112 valence electrons. The second-order valence-electron chi connectivity index (χ2n) is 6.54. The molecule has 2 rings (SSSR count). The molecule has 0 spiro atoms. The zero-order valence-corrected chi connectivity index (χ0v) is 15.5. The fraction of sp³-hybridized carbons (Fsp3) is 0.421.